The number of benzene rings is 2. The summed E-state index contributed by atoms with van der Waals surface area (Å²) >= 11 is 0. The third kappa shape index (κ3) is 1.82. The molecule has 1 heterocycles. The van der Waals surface area contributed by atoms with Gasteiger partial charge in [0.05, 0.1) is 6.20 Å². The number of carbonyl (C=O) groups excluding carboxylic acids is 1. The van der Waals surface area contributed by atoms with Crippen LogP contribution in [-0.2, 0) is 0 Å². The monoisotopic (exact) mass is 238 g/mol. The molecule has 0 saturated heterocycles. The molecule has 3 aromatic rings. The number of anilines is 1. The van der Waals surface area contributed by atoms with E-state index in [-0.39, 0.29) is 11.6 Å². The van der Waals surface area contributed by atoms with Gasteiger partial charge in [-0.1, -0.05) is 36.4 Å². The summed E-state index contributed by atoms with van der Waals surface area (Å²) in [5.41, 5.74) is 1.03. The molecular weight excluding hydrogens is 228 g/mol. The van der Waals surface area contributed by atoms with Crippen LogP contribution in [0.15, 0.2) is 48.7 Å². The van der Waals surface area contributed by atoms with Gasteiger partial charge >= 0.3 is 0 Å². The molecule has 2 aromatic carbocycles. The van der Waals surface area contributed by atoms with Gasteiger partial charge in [-0.15, -0.1) is 0 Å². The fraction of sp³-hybridized carbons (Fsp3) is 0. The van der Waals surface area contributed by atoms with Crippen LogP contribution in [0.25, 0.3) is 10.8 Å². The highest BCUT2D eigenvalue weighted by Crippen LogP contribution is 2.23. The van der Waals surface area contributed by atoms with Gasteiger partial charge in [0.15, 0.2) is 5.69 Å². The van der Waals surface area contributed by atoms with Crippen molar-refractivity contribution in [2.45, 2.75) is 0 Å². The van der Waals surface area contributed by atoms with Gasteiger partial charge in [-0.05, 0) is 11.5 Å². The van der Waals surface area contributed by atoms with Gasteiger partial charge in [-0.3, -0.25) is 4.79 Å². The maximum Gasteiger partial charge on any atom is 0.277 e. The Balaban J connectivity index is 1.98. The topological polar surface area (TPSA) is 70.7 Å². The number of hydrogen-bond donors (Lipinski definition) is 2. The number of H-pyrrole nitrogens is 1. The van der Waals surface area contributed by atoms with E-state index in [2.05, 4.69) is 20.7 Å². The third-order valence-electron chi connectivity index (χ3n) is 2.69. The quantitative estimate of drug-likeness (QED) is 0.719. The minimum absolute atomic E-state index is 0.267. The predicted molar refractivity (Wildman–Crippen MR) is 68.3 cm³/mol. The summed E-state index contributed by atoms with van der Waals surface area (Å²) in [7, 11) is 0. The fourth-order valence-corrected chi connectivity index (χ4v) is 1.83. The Morgan fingerprint density at radius 1 is 1.11 bits per heavy atom. The van der Waals surface area contributed by atoms with E-state index in [1.807, 2.05) is 42.5 Å². The van der Waals surface area contributed by atoms with E-state index in [1.54, 1.807) is 0 Å². The van der Waals surface area contributed by atoms with Crippen molar-refractivity contribution in [1.82, 2.24) is 15.4 Å². The van der Waals surface area contributed by atoms with Gasteiger partial charge in [0.1, 0.15) is 0 Å². The minimum atomic E-state index is -0.278. The van der Waals surface area contributed by atoms with Crippen LogP contribution in [0.4, 0.5) is 5.69 Å². The zero-order valence-corrected chi connectivity index (χ0v) is 9.42. The Morgan fingerprint density at radius 2 is 1.94 bits per heavy atom. The Kier molecular flexibility index (Phi) is 2.49. The number of aromatic amines is 1. The second-order valence-corrected chi connectivity index (χ2v) is 3.84. The van der Waals surface area contributed by atoms with Crippen molar-refractivity contribution >= 4 is 22.4 Å². The summed E-state index contributed by atoms with van der Waals surface area (Å²) in [5, 5.41) is 14.7. The number of carbonyl (C=O) groups is 1. The minimum Gasteiger partial charge on any atom is -0.320 e. The molecule has 5 nitrogen and oxygen atoms in total. The van der Waals surface area contributed by atoms with Gasteiger partial charge in [0.2, 0.25) is 0 Å². The number of nitrogens with one attached hydrogen (secondary N) is 2. The molecule has 0 saturated carbocycles. The molecule has 0 bridgehead atoms. The lowest BCUT2D eigenvalue weighted by Gasteiger charge is -2.06. The first-order valence-electron chi connectivity index (χ1n) is 5.49. The van der Waals surface area contributed by atoms with Crippen LogP contribution >= 0.6 is 0 Å². The molecule has 0 spiro atoms. The van der Waals surface area contributed by atoms with E-state index >= 15 is 0 Å². The lowest BCUT2D eigenvalue weighted by atomic mass is 10.1. The Morgan fingerprint density at radius 3 is 2.78 bits per heavy atom. The highest BCUT2D eigenvalue weighted by molar-refractivity contribution is 6.08. The predicted octanol–water partition coefficient (Wildman–Crippen LogP) is 2.21. The number of amides is 1. The van der Waals surface area contributed by atoms with Crippen molar-refractivity contribution < 1.29 is 4.79 Å². The molecule has 0 aliphatic carbocycles. The maximum atomic E-state index is 11.9. The first-order chi connectivity index (χ1) is 8.84. The maximum absolute atomic E-state index is 11.9. The first-order valence-corrected chi connectivity index (χ1v) is 5.49. The molecule has 0 atom stereocenters. The Hall–Kier alpha value is -2.69. The van der Waals surface area contributed by atoms with E-state index in [4.69, 9.17) is 0 Å². The zero-order chi connectivity index (χ0) is 12.4. The molecule has 0 fully saturated rings. The molecular formula is C13H10N4O. The number of fused-ring (bicyclic) bond motifs is 1. The van der Waals surface area contributed by atoms with Gasteiger partial charge in [0, 0.05) is 11.1 Å². The van der Waals surface area contributed by atoms with Crippen molar-refractivity contribution in [2.24, 2.45) is 0 Å². The molecule has 1 amide bonds. The summed E-state index contributed by atoms with van der Waals surface area (Å²) in [4.78, 5) is 11.9. The van der Waals surface area contributed by atoms with Crippen LogP contribution in [0, 0.1) is 0 Å². The Labute approximate surface area is 103 Å². The Bertz CT molecular complexity index is 686. The lowest BCUT2D eigenvalue weighted by molar-refractivity contribution is 0.102. The highest BCUT2D eigenvalue weighted by Gasteiger charge is 2.10. The molecule has 0 aliphatic heterocycles. The van der Waals surface area contributed by atoms with Gasteiger partial charge in [-0.25, -0.2) is 0 Å². The number of nitrogens with zero attached hydrogens (tertiary/aromatic N) is 2. The molecule has 5 heteroatoms. The lowest BCUT2D eigenvalue weighted by Crippen LogP contribution is -2.12. The van der Waals surface area contributed by atoms with E-state index in [0.717, 1.165) is 16.5 Å². The fourth-order valence-electron chi connectivity index (χ4n) is 1.83. The SMILES string of the molecule is O=C(Nc1cccc2ccccc12)c1cn[nH]n1. The zero-order valence-electron chi connectivity index (χ0n) is 9.42. The van der Waals surface area contributed by atoms with Gasteiger partial charge in [-0.2, -0.15) is 15.4 Å². The second-order valence-electron chi connectivity index (χ2n) is 3.84. The van der Waals surface area contributed by atoms with Crippen molar-refractivity contribution in [2.75, 3.05) is 5.32 Å². The number of hydrogen-bond acceptors (Lipinski definition) is 3. The van der Waals surface area contributed by atoms with Gasteiger partial charge < -0.3 is 5.32 Å². The van der Waals surface area contributed by atoms with Gasteiger partial charge in [0.25, 0.3) is 5.91 Å². The van der Waals surface area contributed by atoms with Crippen LogP contribution in [0.5, 0.6) is 0 Å². The highest BCUT2D eigenvalue weighted by atomic mass is 16.2. The average Bonchev–Trinajstić information content (AvgIpc) is 2.93. The summed E-state index contributed by atoms with van der Waals surface area (Å²) in [6.07, 6.45) is 1.39. The summed E-state index contributed by atoms with van der Waals surface area (Å²) in [6.45, 7) is 0. The third-order valence-corrected chi connectivity index (χ3v) is 2.69. The van der Waals surface area contributed by atoms with Crippen molar-refractivity contribution in [3.05, 3.63) is 54.4 Å². The van der Waals surface area contributed by atoms with E-state index in [9.17, 15) is 4.79 Å². The standard InChI is InChI=1S/C13H10N4O/c18-13(12-8-14-17-16-12)15-11-7-3-5-9-4-1-2-6-10(9)11/h1-8H,(H,15,18)(H,14,16,17). The van der Waals surface area contributed by atoms with E-state index in [0.29, 0.717) is 0 Å². The van der Waals surface area contributed by atoms with Crippen LogP contribution in [0.3, 0.4) is 0 Å². The summed E-state index contributed by atoms with van der Waals surface area (Å²) in [5.74, 6) is -0.278. The summed E-state index contributed by atoms with van der Waals surface area (Å²) in [6, 6.07) is 13.6. The summed E-state index contributed by atoms with van der Waals surface area (Å²) < 4.78 is 0. The smallest absolute Gasteiger partial charge is 0.277 e. The number of aromatic nitrogens is 3. The molecule has 0 unspecified atom stereocenters. The van der Waals surface area contributed by atoms with Crippen LogP contribution < -0.4 is 5.32 Å². The van der Waals surface area contributed by atoms with Crippen molar-refractivity contribution in [1.29, 1.82) is 0 Å². The molecule has 0 aliphatic rings. The van der Waals surface area contributed by atoms with Crippen molar-refractivity contribution in [3.8, 4) is 0 Å². The van der Waals surface area contributed by atoms with E-state index < -0.39 is 0 Å². The molecule has 2 N–H and O–H groups in total. The normalized spacial score (nSPS) is 10.4. The number of rotatable bonds is 2. The molecule has 0 radical (unpaired) electrons. The van der Waals surface area contributed by atoms with Crippen LogP contribution in [0.1, 0.15) is 10.5 Å². The van der Waals surface area contributed by atoms with Crippen molar-refractivity contribution in [3.63, 3.8) is 0 Å². The van der Waals surface area contributed by atoms with Crippen LogP contribution in [0.2, 0.25) is 0 Å². The molecule has 88 valence electrons. The van der Waals surface area contributed by atoms with Crippen LogP contribution in [-0.4, -0.2) is 21.3 Å². The first kappa shape index (κ1) is 10.5. The molecule has 18 heavy (non-hydrogen) atoms. The average molecular weight is 238 g/mol. The molecule has 3 rings (SSSR count). The second kappa shape index (κ2) is 4.29. The van der Waals surface area contributed by atoms with E-state index in [1.165, 1.54) is 6.20 Å². The largest absolute Gasteiger partial charge is 0.320 e. The molecule has 1 aromatic heterocycles.